The summed E-state index contributed by atoms with van der Waals surface area (Å²) < 4.78 is 22.6. The third-order valence-electron chi connectivity index (χ3n) is 3.96. The second kappa shape index (κ2) is 8.82. The summed E-state index contributed by atoms with van der Waals surface area (Å²) in [6.45, 7) is 8.06. The molecular weight excluding hydrogens is 348 g/mol. The second-order valence-corrected chi connectivity index (χ2v) is 7.73. The van der Waals surface area contributed by atoms with Crippen LogP contribution in [0.1, 0.15) is 29.2 Å². The Balaban J connectivity index is 2.04. The molecule has 0 aliphatic carbocycles. The molecule has 0 saturated carbocycles. The molecule has 6 nitrogen and oxygen atoms in total. The molecule has 2 aromatic carbocycles. The molecule has 4 N–H and O–H groups in total. The smallest absolute Gasteiger partial charge is 0.238 e. The van der Waals surface area contributed by atoms with Crippen molar-refractivity contribution in [1.82, 2.24) is 10.6 Å². The van der Waals surface area contributed by atoms with Gasteiger partial charge in [0.15, 0.2) is 5.96 Å². The number of hydrogen-bond acceptors (Lipinski definition) is 3. The number of aryl methyl sites for hydroxylation is 2. The lowest BCUT2D eigenvalue weighted by atomic mass is 10.1. The normalized spacial score (nSPS) is 12.1. The first kappa shape index (κ1) is 19.9. The minimum atomic E-state index is -3.67. The van der Waals surface area contributed by atoms with E-state index in [1.54, 1.807) is 12.1 Å². The van der Waals surface area contributed by atoms with Crippen LogP contribution in [-0.4, -0.2) is 20.9 Å². The average molecular weight is 375 g/mol. The fourth-order valence-electron chi connectivity index (χ4n) is 2.52. The SMILES string of the molecule is CCNC(=NCc1ccc(S(N)(=O)=O)cc1)NCc1ccc(C)cc1C. The van der Waals surface area contributed by atoms with Crippen LogP contribution in [0.5, 0.6) is 0 Å². The van der Waals surface area contributed by atoms with Gasteiger partial charge in [-0.3, -0.25) is 0 Å². The Hall–Kier alpha value is -2.38. The minimum Gasteiger partial charge on any atom is -0.357 e. The van der Waals surface area contributed by atoms with Gasteiger partial charge in [0.05, 0.1) is 11.4 Å². The molecular formula is C19H26N4O2S. The van der Waals surface area contributed by atoms with Gasteiger partial charge in [0.2, 0.25) is 10.0 Å². The van der Waals surface area contributed by atoms with Gasteiger partial charge in [0.25, 0.3) is 0 Å². The summed E-state index contributed by atoms with van der Waals surface area (Å²) in [5.74, 6) is 0.711. The van der Waals surface area contributed by atoms with Gasteiger partial charge in [-0.2, -0.15) is 0 Å². The molecule has 7 heteroatoms. The monoisotopic (exact) mass is 374 g/mol. The van der Waals surface area contributed by atoms with E-state index in [1.807, 2.05) is 6.92 Å². The fraction of sp³-hybridized carbons (Fsp3) is 0.316. The van der Waals surface area contributed by atoms with Gasteiger partial charge >= 0.3 is 0 Å². The molecule has 140 valence electrons. The van der Waals surface area contributed by atoms with Crippen molar-refractivity contribution in [2.45, 2.75) is 38.8 Å². The standard InChI is InChI=1S/C19H26N4O2S/c1-4-21-19(23-13-17-8-5-14(2)11-15(17)3)22-12-16-6-9-18(10-7-16)26(20,24)25/h5-11H,4,12-13H2,1-3H3,(H2,20,24,25)(H2,21,22,23). The van der Waals surface area contributed by atoms with Crippen molar-refractivity contribution in [1.29, 1.82) is 0 Å². The highest BCUT2D eigenvalue weighted by atomic mass is 32.2. The maximum absolute atomic E-state index is 11.3. The largest absolute Gasteiger partial charge is 0.357 e. The lowest BCUT2D eigenvalue weighted by Crippen LogP contribution is -2.36. The van der Waals surface area contributed by atoms with Crippen molar-refractivity contribution in [3.05, 3.63) is 64.7 Å². The number of hydrogen-bond donors (Lipinski definition) is 3. The van der Waals surface area contributed by atoms with Gasteiger partial charge in [-0.1, -0.05) is 35.9 Å². The molecule has 0 aromatic heterocycles. The number of aliphatic imine (C=N–C) groups is 1. The van der Waals surface area contributed by atoms with E-state index in [9.17, 15) is 8.42 Å². The van der Waals surface area contributed by atoms with Crippen molar-refractivity contribution in [3.8, 4) is 0 Å². The molecule has 26 heavy (non-hydrogen) atoms. The van der Waals surface area contributed by atoms with Gasteiger partial charge < -0.3 is 10.6 Å². The Morgan fingerprint density at radius 3 is 2.35 bits per heavy atom. The molecule has 0 radical (unpaired) electrons. The molecule has 0 aliphatic rings. The number of rotatable bonds is 6. The highest BCUT2D eigenvalue weighted by Crippen LogP contribution is 2.11. The zero-order chi connectivity index (χ0) is 19.2. The highest BCUT2D eigenvalue weighted by Gasteiger charge is 2.07. The van der Waals surface area contributed by atoms with Crippen LogP contribution in [0, 0.1) is 13.8 Å². The lowest BCUT2D eigenvalue weighted by Gasteiger charge is -2.13. The van der Waals surface area contributed by atoms with Gasteiger partial charge in [-0.05, 0) is 49.6 Å². The molecule has 0 unspecified atom stereocenters. The maximum Gasteiger partial charge on any atom is 0.238 e. The van der Waals surface area contributed by atoms with Crippen molar-refractivity contribution in [2.24, 2.45) is 10.1 Å². The number of nitrogens with one attached hydrogen (secondary N) is 2. The van der Waals surface area contributed by atoms with E-state index in [-0.39, 0.29) is 4.90 Å². The lowest BCUT2D eigenvalue weighted by molar-refractivity contribution is 0.598. The van der Waals surface area contributed by atoms with Crippen LogP contribution in [0.2, 0.25) is 0 Å². The summed E-state index contributed by atoms with van der Waals surface area (Å²) in [5, 5.41) is 11.6. The molecule has 0 amide bonds. The Morgan fingerprint density at radius 2 is 1.77 bits per heavy atom. The zero-order valence-electron chi connectivity index (χ0n) is 15.4. The van der Waals surface area contributed by atoms with Crippen LogP contribution in [0.15, 0.2) is 52.4 Å². The molecule has 0 aliphatic heterocycles. The molecule has 2 rings (SSSR count). The van der Waals surface area contributed by atoms with Crippen molar-refractivity contribution < 1.29 is 8.42 Å². The van der Waals surface area contributed by atoms with Gasteiger partial charge in [-0.15, -0.1) is 0 Å². The van der Waals surface area contributed by atoms with Crippen molar-refractivity contribution in [3.63, 3.8) is 0 Å². The Kier molecular flexibility index (Phi) is 6.76. The highest BCUT2D eigenvalue weighted by molar-refractivity contribution is 7.89. The van der Waals surface area contributed by atoms with Gasteiger partial charge in [-0.25, -0.2) is 18.5 Å². The first-order chi connectivity index (χ1) is 12.3. The Morgan fingerprint density at radius 1 is 1.08 bits per heavy atom. The van der Waals surface area contributed by atoms with Crippen LogP contribution in [0.4, 0.5) is 0 Å². The number of sulfonamides is 1. The van der Waals surface area contributed by atoms with Crippen LogP contribution < -0.4 is 15.8 Å². The number of nitrogens with two attached hydrogens (primary N) is 1. The van der Waals surface area contributed by atoms with E-state index in [4.69, 9.17) is 5.14 Å². The van der Waals surface area contributed by atoms with E-state index < -0.39 is 10.0 Å². The van der Waals surface area contributed by atoms with E-state index in [2.05, 4.69) is 47.7 Å². The van der Waals surface area contributed by atoms with Crippen LogP contribution in [0.25, 0.3) is 0 Å². The summed E-state index contributed by atoms with van der Waals surface area (Å²) in [6, 6.07) is 12.8. The summed E-state index contributed by atoms with van der Waals surface area (Å²) in [6.07, 6.45) is 0. The van der Waals surface area contributed by atoms with Gasteiger partial charge in [0, 0.05) is 13.1 Å². The number of benzene rings is 2. The molecule has 0 heterocycles. The third kappa shape index (κ3) is 5.86. The van der Waals surface area contributed by atoms with E-state index in [0.29, 0.717) is 19.0 Å². The summed E-state index contributed by atoms with van der Waals surface area (Å²) in [7, 11) is -3.67. The summed E-state index contributed by atoms with van der Waals surface area (Å²) >= 11 is 0. The first-order valence-corrected chi connectivity index (χ1v) is 10.0. The number of nitrogens with zero attached hydrogens (tertiary/aromatic N) is 1. The van der Waals surface area contributed by atoms with E-state index >= 15 is 0 Å². The number of guanidine groups is 1. The average Bonchev–Trinajstić information content (AvgIpc) is 2.58. The predicted molar refractivity (Wildman–Crippen MR) is 105 cm³/mol. The third-order valence-corrected chi connectivity index (χ3v) is 4.89. The van der Waals surface area contributed by atoms with Crippen LogP contribution in [-0.2, 0) is 23.1 Å². The quantitative estimate of drug-likeness (QED) is 0.533. The first-order valence-electron chi connectivity index (χ1n) is 8.49. The van der Waals surface area contributed by atoms with Crippen molar-refractivity contribution in [2.75, 3.05) is 6.54 Å². The predicted octanol–water partition coefficient (Wildman–Crippen LogP) is 2.21. The van der Waals surface area contributed by atoms with Gasteiger partial charge in [0.1, 0.15) is 0 Å². The Bertz CT molecular complexity index is 875. The number of primary sulfonamides is 1. The molecule has 0 saturated heterocycles. The topological polar surface area (TPSA) is 96.6 Å². The zero-order valence-corrected chi connectivity index (χ0v) is 16.2. The second-order valence-electron chi connectivity index (χ2n) is 6.17. The van der Waals surface area contributed by atoms with Crippen LogP contribution in [0.3, 0.4) is 0 Å². The van der Waals surface area contributed by atoms with E-state index in [1.165, 1.54) is 28.8 Å². The summed E-state index contributed by atoms with van der Waals surface area (Å²) in [5.41, 5.74) is 4.61. The molecule has 0 bridgehead atoms. The molecule has 0 fully saturated rings. The van der Waals surface area contributed by atoms with E-state index in [0.717, 1.165) is 12.1 Å². The summed E-state index contributed by atoms with van der Waals surface area (Å²) in [4.78, 5) is 4.65. The Labute approximate surface area is 155 Å². The fourth-order valence-corrected chi connectivity index (χ4v) is 3.04. The van der Waals surface area contributed by atoms with Crippen LogP contribution >= 0.6 is 0 Å². The van der Waals surface area contributed by atoms with Crippen molar-refractivity contribution >= 4 is 16.0 Å². The molecule has 0 atom stereocenters. The minimum absolute atomic E-state index is 0.102. The molecule has 2 aromatic rings. The maximum atomic E-state index is 11.3. The molecule has 0 spiro atoms.